The van der Waals surface area contributed by atoms with Crippen molar-refractivity contribution in [2.75, 3.05) is 11.2 Å². The van der Waals surface area contributed by atoms with Crippen molar-refractivity contribution in [3.63, 3.8) is 0 Å². The first-order valence-electron chi connectivity index (χ1n) is 3.71. The molecule has 0 saturated heterocycles. The van der Waals surface area contributed by atoms with Crippen LogP contribution < -0.4 is 0 Å². The minimum atomic E-state index is -0.187. The van der Waals surface area contributed by atoms with Gasteiger partial charge in [0, 0.05) is 0 Å². The van der Waals surface area contributed by atoms with Crippen LogP contribution in [0.2, 0.25) is 0 Å². The van der Waals surface area contributed by atoms with Crippen molar-refractivity contribution in [3.8, 4) is 0 Å². The Morgan fingerprint density at radius 3 is 2.50 bits per heavy atom. The average molecular weight is 280 g/mol. The number of benzene rings is 1. The number of ether oxygens (including phenoxy) is 1. The van der Waals surface area contributed by atoms with Crippen LogP contribution in [0.1, 0.15) is 5.56 Å². The van der Waals surface area contributed by atoms with Crippen LogP contribution in [0, 0.1) is 5.82 Å². The molecule has 1 aromatic carbocycles. The molecule has 0 N–H and O–H groups in total. The van der Waals surface area contributed by atoms with Crippen molar-refractivity contribution in [3.05, 3.63) is 35.6 Å². The summed E-state index contributed by atoms with van der Waals surface area (Å²) in [5.41, 5.74) is 1.11. The Labute approximate surface area is 85.1 Å². The number of hydrogen-bond donors (Lipinski definition) is 0. The summed E-state index contributed by atoms with van der Waals surface area (Å²) in [6.07, 6.45) is 0.850. The minimum Gasteiger partial charge on any atom is -0.371 e. The zero-order valence-electron chi connectivity index (χ0n) is 6.59. The Balaban J connectivity index is 2.37. The number of halogens is 2. The van der Waals surface area contributed by atoms with Gasteiger partial charge in [0.15, 0.2) is 0 Å². The second kappa shape index (κ2) is 5.48. The van der Waals surface area contributed by atoms with Crippen molar-refractivity contribution in [1.82, 2.24) is 0 Å². The highest BCUT2D eigenvalue weighted by Gasteiger charge is 1.93. The van der Waals surface area contributed by atoms with Gasteiger partial charge in [-0.3, -0.25) is 0 Å². The van der Waals surface area contributed by atoms with E-state index in [-0.39, 0.29) is 5.82 Å². The van der Waals surface area contributed by atoms with Crippen LogP contribution in [0.4, 0.5) is 4.39 Å². The molecule has 0 fully saturated rings. The largest absolute Gasteiger partial charge is 0.371 e. The van der Waals surface area contributed by atoms with Gasteiger partial charge in [-0.1, -0.05) is 34.7 Å². The maximum Gasteiger partial charge on any atom is 0.123 e. The molecule has 0 aromatic heterocycles. The van der Waals surface area contributed by atoms with Gasteiger partial charge in [-0.05, 0) is 24.1 Å². The third-order valence-electron chi connectivity index (χ3n) is 1.53. The molecule has 1 aromatic rings. The average Bonchev–Trinajstić information content (AvgIpc) is 2.09. The van der Waals surface area contributed by atoms with E-state index in [2.05, 4.69) is 22.6 Å². The SMILES string of the molecule is Fc1ccc(CCOCI)cc1. The topological polar surface area (TPSA) is 9.23 Å². The predicted molar refractivity (Wildman–Crippen MR) is 54.9 cm³/mol. The molecule has 1 rings (SSSR count). The summed E-state index contributed by atoms with van der Waals surface area (Å²) in [5, 5.41) is 0. The van der Waals surface area contributed by atoms with Gasteiger partial charge in [-0.25, -0.2) is 4.39 Å². The molecule has 3 heteroatoms. The van der Waals surface area contributed by atoms with Crippen molar-refractivity contribution in [2.24, 2.45) is 0 Å². The standard InChI is InChI=1S/C9H10FIO/c10-9-3-1-8(2-4-9)5-6-12-7-11/h1-4H,5-7H2. The number of hydrogen-bond acceptors (Lipinski definition) is 1. The maximum absolute atomic E-state index is 12.4. The zero-order valence-corrected chi connectivity index (χ0v) is 8.75. The second-order valence-electron chi connectivity index (χ2n) is 2.39. The molecular weight excluding hydrogens is 270 g/mol. The van der Waals surface area contributed by atoms with Crippen molar-refractivity contribution in [2.45, 2.75) is 6.42 Å². The van der Waals surface area contributed by atoms with Gasteiger partial charge in [0.1, 0.15) is 5.82 Å². The molecule has 0 spiro atoms. The fraction of sp³-hybridized carbons (Fsp3) is 0.333. The number of alkyl halides is 1. The van der Waals surface area contributed by atoms with Gasteiger partial charge in [0.05, 0.1) is 11.2 Å². The van der Waals surface area contributed by atoms with Gasteiger partial charge in [0.2, 0.25) is 0 Å². The van der Waals surface area contributed by atoms with Crippen LogP contribution in [0.25, 0.3) is 0 Å². The fourth-order valence-corrected chi connectivity index (χ4v) is 1.21. The highest BCUT2D eigenvalue weighted by atomic mass is 127. The second-order valence-corrected chi connectivity index (χ2v) is 3.02. The summed E-state index contributed by atoms with van der Waals surface area (Å²) in [4.78, 5) is 0. The maximum atomic E-state index is 12.4. The summed E-state index contributed by atoms with van der Waals surface area (Å²) in [6.45, 7) is 0.703. The lowest BCUT2D eigenvalue weighted by Gasteiger charge is -2.00. The van der Waals surface area contributed by atoms with E-state index in [0.29, 0.717) is 11.2 Å². The fourth-order valence-electron chi connectivity index (χ4n) is 0.896. The smallest absolute Gasteiger partial charge is 0.123 e. The van der Waals surface area contributed by atoms with E-state index in [4.69, 9.17) is 4.74 Å². The third kappa shape index (κ3) is 3.49. The van der Waals surface area contributed by atoms with Crippen molar-refractivity contribution < 1.29 is 9.13 Å². The lowest BCUT2D eigenvalue weighted by atomic mass is 10.2. The molecule has 0 saturated carbocycles. The molecule has 0 atom stereocenters. The Morgan fingerprint density at radius 2 is 1.92 bits per heavy atom. The lowest BCUT2D eigenvalue weighted by Crippen LogP contribution is -1.96. The van der Waals surface area contributed by atoms with Crippen LogP contribution in [0.15, 0.2) is 24.3 Å². The molecule has 66 valence electrons. The Bertz CT molecular complexity index is 222. The van der Waals surface area contributed by atoms with Crippen molar-refractivity contribution >= 4 is 22.6 Å². The molecule has 0 aliphatic heterocycles. The van der Waals surface area contributed by atoms with Crippen LogP contribution >= 0.6 is 22.6 Å². The van der Waals surface area contributed by atoms with E-state index in [1.54, 1.807) is 12.1 Å². The van der Waals surface area contributed by atoms with Crippen LogP contribution in [-0.4, -0.2) is 11.2 Å². The van der Waals surface area contributed by atoms with E-state index in [0.717, 1.165) is 12.0 Å². The van der Waals surface area contributed by atoms with Crippen LogP contribution in [0.5, 0.6) is 0 Å². The normalized spacial score (nSPS) is 10.2. The highest BCUT2D eigenvalue weighted by molar-refractivity contribution is 14.1. The minimum absolute atomic E-state index is 0.187. The van der Waals surface area contributed by atoms with Crippen LogP contribution in [-0.2, 0) is 11.2 Å². The van der Waals surface area contributed by atoms with Gasteiger partial charge in [-0.2, -0.15) is 0 Å². The molecule has 0 heterocycles. The Hall–Kier alpha value is -0.160. The summed E-state index contributed by atoms with van der Waals surface area (Å²) in [7, 11) is 0. The van der Waals surface area contributed by atoms with Gasteiger partial charge in [0.25, 0.3) is 0 Å². The summed E-state index contributed by atoms with van der Waals surface area (Å²) in [6, 6.07) is 6.51. The molecule has 0 unspecified atom stereocenters. The predicted octanol–water partition coefficient (Wildman–Crippen LogP) is 2.78. The van der Waals surface area contributed by atoms with Crippen LogP contribution in [0.3, 0.4) is 0 Å². The molecule has 0 radical (unpaired) electrons. The first kappa shape index (κ1) is 9.92. The molecule has 0 amide bonds. The van der Waals surface area contributed by atoms with Gasteiger partial charge < -0.3 is 4.74 Å². The molecular formula is C9H10FIO. The lowest BCUT2D eigenvalue weighted by molar-refractivity contribution is 0.194. The summed E-state index contributed by atoms with van der Waals surface area (Å²) in [5.74, 6) is -0.187. The molecule has 12 heavy (non-hydrogen) atoms. The Morgan fingerprint density at radius 1 is 1.25 bits per heavy atom. The molecule has 0 aliphatic rings. The van der Waals surface area contributed by atoms with Gasteiger partial charge in [-0.15, -0.1) is 0 Å². The monoisotopic (exact) mass is 280 g/mol. The Kier molecular flexibility index (Phi) is 4.53. The summed E-state index contributed by atoms with van der Waals surface area (Å²) < 4.78 is 18.3. The van der Waals surface area contributed by atoms with E-state index in [1.807, 2.05) is 0 Å². The van der Waals surface area contributed by atoms with Crippen molar-refractivity contribution in [1.29, 1.82) is 0 Å². The first-order chi connectivity index (χ1) is 5.83. The number of rotatable bonds is 4. The first-order valence-corrected chi connectivity index (χ1v) is 5.23. The zero-order chi connectivity index (χ0) is 8.81. The van der Waals surface area contributed by atoms with E-state index >= 15 is 0 Å². The third-order valence-corrected chi connectivity index (χ3v) is 1.97. The van der Waals surface area contributed by atoms with Gasteiger partial charge >= 0.3 is 0 Å². The molecule has 0 aliphatic carbocycles. The van der Waals surface area contributed by atoms with E-state index in [9.17, 15) is 4.39 Å². The summed E-state index contributed by atoms with van der Waals surface area (Å²) >= 11 is 2.15. The highest BCUT2D eigenvalue weighted by Crippen LogP contribution is 2.03. The quantitative estimate of drug-likeness (QED) is 0.468. The van der Waals surface area contributed by atoms with E-state index in [1.165, 1.54) is 12.1 Å². The molecule has 0 bridgehead atoms. The van der Waals surface area contributed by atoms with E-state index < -0.39 is 0 Å². The molecule has 1 nitrogen and oxygen atoms in total.